The van der Waals surface area contributed by atoms with Gasteiger partial charge in [-0.1, -0.05) is 43.4 Å². The summed E-state index contributed by atoms with van der Waals surface area (Å²) in [6.07, 6.45) is 4.75. The molecule has 6 nitrogen and oxygen atoms in total. The molecule has 1 aromatic heterocycles. The molecule has 0 unspecified atom stereocenters. The number of methoxy groups -OCH3 is 1. The van der Waals surface area contributed by atoms with Crippen LogP contribution in [0.2, 0.25) is 0 Å². The first-order valence-electron chi connectivity index (χ1n) is 8.07. The molecule has 7 heteroatoms. The number of rotatable bonds is 8. The van der Waals surface area contributed by atoms with E-state index in [-0.39, 0.29) is 12.5 Å². The first-order chi connectivity index (χ1) is 12.0. The second-order valence-electron chi connectivity index (χ2n) is 5.85. The predicted octanol–water partition coefficient (Wildman–Crippen LogP) is 3.80. The summed E-state index contributed by atoms with van der Waals surface area (Å²) in [4.78, 5) is 12.0. The van der Waals surface area contributed by atoms with Gasteiger partial charge in [0.05, 0.1) is 7.11 Å². The van der Waals surface area contributed by atoms with Crippen LogP contribution < -0.4 is 14.8 Å². The molecular formula is C18H23N3O3S. The third-order valence-electron chi connectivity index (χ3n) is 3.20. The predicted molar refractivity (Wildman–Crippen MR) is 100 cm³/mol. The molecule has 1 aromatic carbocycles. The third-order valence-corrected chi connectivity index (χ3v) is 4.06. The molecule has 0 spiro atoms. The Morgan fingerprint density at radius 1 is 1.32 bits per heavy atom. The van der Waals surface area contributed by atoms with Gasteiger partial charge in [-0.15, -0.1) is 10.2 Å². The summed E-state index contributed by atoms with van der Waals surface area (Å²) < 4.78 is 10.9. The number of carbonyl (C=O) groups is 1. The molecule has 0 atom stereocenters. The Morgan fingerprint density at radius 3 is 2.80 bits per heavy atom. The Balaban J connectivity index is 1.92. The van der Waals surface area contributed by atoms with E-state index in [1.807, 2.05) is 31.2 Å². The molecule has 0 aliphatic rings. The van der Waals surface area contributed by atoms with E-state index in [2.05, 4.69) is 29.4 Å². The molecule has 0 bridgehead atoms. The fourth-order valence-corrected chi connectivity index (χ4v) is 3.10. The van der Waals surface area contributed by atoms with Crippen molar-refractivity contribution in [1.29, 1.82) is 0 Å². The van der Waals surface area contributed by atoms with Gasteiger partial charge in [-0.2, -0.15) is 0 Å². The SMILES string of the molecule is CC=Cc1ccc(OCC(=O)Nc2nnc(CC(C)C)s2)c(OC)c1. The van der Waals surface area contributed by atoms with E-state index in [1.54, 1.807) is 13.2 Å². The van der Waals surface area contributed by atoms with Crippen molar-refractivity contribution in [2.24, 2.45) is 5.92 Å². The number of allylic oxidation sites excluding steroid dienone is 1. The minimum Gasteiger partial charge on any atom is -0.493 e. The van der Waals surface area contributed by atoms with Crippen LogP contribution >= 0.6 is 11.3 Å². The highest BCUT2D eigenvalue weighted by Gasteiger charge is 2.11. The Bertz CT molecular complexity index is 741. The van der Waals surface area contributed by atoms with Crippen LogP contribution in [0.25, 0.3) is 6.08 Å². The standard InChI is InChI=1S/C18H23N3O3S/c1-5-6-13-7-8-14(15(10-13)23-4)24-11-16(22)19-18-21-20-17(25-18)9-12(2)3/h5-8,10,12H,9,11H2,1-4H3,(H,19,21,22). The zero-order chi connectivity index (χ0) is 18.2. The van der Waals surface area contributed by atoms with Gasteiger partial charge in [0.15, 0.2) is 18.1 Å². The second kappa shape index (κ2) is 9.17. The van der Waals surface area contributed by atoms with Crippen molar-refractivity contribution >= 4 is 28.5 Å². The number of nitrogens with zero attached hydrogens (tertiary/aromatic N) is 2. The topological polar surface area (TPSA) is 73.3 Å². The number of benzene rings is 1. The minimum atomic E-state index is -0.285. The number of nitrogens with one attached hydrogen (secondary N) is 1. The summed E-state index contributed by atoms with van der Waals surface area (Å²) in [5, 5.41) is 12.1. The fourth-order valence-electron chi connectivity index (χ4n) is 2.13. The van der Waals surface area contributed by atoms with Crippen molar-refractivity contribution in [3.8, 4) is 11.5 Å². The van der Waals surface area contributed by atoms with Gasteiger partial charge in [-0.05, 0) is 30.5 Å². The quantitative estimate of drug-likeness (QED) is 0.774. The van der Waals surface area contributed by atoms with E-state index in [9.17, 15) is 4.79 Å². The van der Waals surface area contributed by atoms with Crippen LogP contribution in [-0.2, 0) is 11.2 Å². The maximum Gasteiger partial charge on any atom is 0.264 e. The van der Waals surface area contributed by atoms with E-state index in [0.717, 1.165) is 17.0 Å². The monoisotopic (exact) mass is 361 g/mol. The smallest absolute Gasteiger partial charge is 0.264 e. The molecule has 0 fully saturated rings. The molecule has 1 amide bonds. The maximum atomic E-state index is 12.0. The van der Waals surface area contributed by atoms with E-state index in [0.29, 0.717) is 22.5 Å². The summed E-state index contributed by atoms with van der Waals surface area (Å²) in [5.41, 5.74) is 1.00. The molecular weight excluding hydrogens is 338 g/mol. The highest BCUT2D eigenvalue weighted by Crippen LogP contribution is 2.28. The third kappa shape index (κ3) is 5.86. The molecule has 134 valence electrons. The van der Waals surface area contributed by atoms with Crippen LogP contribution in [0.5, 0.6) is 11.5 Å². The van der Waals surface area contributed by atoms with Crippen LogP contribution in [-0.4, -0.2) is 29.8 Å². The molecule has 1 heterocycles. The highest BCUT2D eigenvalue weighted by atomic mass is 32.1. The highest BCUT2D eigenvalue weighted by molar-refractivity contribution is 7.15. The van der Waals surface area contributed by atoms with E-state index < -0.39 is 0 Å². The second-order valence-corrected chi connectivity index (χ2v) is 6.91. The lowest BCUT2D eigenvalue weighted by Crippen LogP contribution is -2.20. The average molecular weight is 361 g/mol. The lowest BCUT2D eigenvalue weighted by molar-refractivity contribution is -0.118. The molecule has 0 saturated heterocycles. The molecule has 2 rings (SSSR count). The fraction of sp³-hybridized carbons (Fsp3) is 0.389. The van der Waals surface area contributed by atoms with Crippen molar-refractivity contribution in [3.05, 3.63) is 34.8 Å². The zero-order valence-corrected chi connectivity index (χ0v) is 15.7. The van der Waals surface area contributed by atoms with Gasteiger partial charge in [-0.25, -0.2) is 0 Å². The number of anilines is 1. The first kappa shape index (κ1) is 18.9. The largest absolute Gasteiger partial charge is 0.493 e. The Morgan fingerprint density at radius 2 is 2.12 bits per heavy atom. The van der Waals surface area contributed by atoms with Gasteiger partial charge in [-0.3, -0.25) is 10.1 Å². The van der Waals surface area contributed by atoms with Gasteiger partial charge in [0.1, 0.15) is 5.01 Å². The minimum absolute atomic E-state index is 0.127. The molecule has 25 heavy (non-hydrogen) atoms. The first-order valence-corrected chi connectivity index (χ1v) is 8.89. The van der Waals surface area contributed by atoms with Crippen molar-refractivity contribution in [3.63, 3.8) is 0 Å². The van der Waals surface area contributed by atoms with Crippen molar-refractivity contribution in [2.75, 3.05) is 19.0 Å². The Hall–Kier alpha value is -2.41. The van der Waals surface area contributed by atoms with Gasteiger partial charge < -0.3 is 9.47 Å². The van der Waals surface area contributed by atoms with Gasteiger partial charge in [0.25, 0.3) is 5.91 Å². The van der Waals surface area contributed by atoms with Gasteiger partial charge >= 0.3 is 0 Å². The lowest BCUT2D eigenvalue weighted by Gasteiger charge is -2.10. The molecule has 0 aliphatic carbocycles. The summed E-state index contributed by atoms with van der Waals surface area (Å²) >= 11 is 1.38. The number of hydrogen-bond acceptors (Lipinski definition) is 6. The number of ether oxygens (including phenoxy) is 2. The van der Waals surface area contributed by atoms with Crippen LogP contribution in [0.1, 0.15) is 31.3 Å². The van der Waals surface area contributed by atoms with Gasteiger partial charge in [0, 0.05) is 6.42 Å². The van der Waals surface area contributed by atoms with Gasteiger partial charge in [0.2, 0.25) is 5.13 Å². The average Bonchev–Trinajstić information content (AvgIpc) is 2.99. The van der Waals surface area contributed by atoms with Crippen molar-refractivity contribution in [2.45, 2.75) is 27.2 Å². The van der Waals surface area contributed by atoms with E-state index in [4.69, 9.17) is 9.47 Å². The summed E-state index contributed by atoms with van der Waals surface area (Å²) in [7, 11) is 1.57. The van der Waals surface area contributed by atoms with Crippen LogP contribution in [0.3, 0.4) is 0 Å². The number of amides is 1. The molecule has 1 N–H and O–H groups in total. The van der Waals surface area contributed by atoms with E-state index in [1.165, 1.54) is 11.3 Å². The van der Waals surface area contributed by atoms with Crippen LogP contribution in [0, 0.1) is 5.92 Å². The van der Waals surface area contributed by atoms with Crippen LogP contribution in [0.15, 0.2) is 24.3 Å². The normalized spacial score (nSPS) is 11.1. The number of carbonyl (C=O) groups excluding carboxylic acids is 1. The summed E-state index contributed by atoms with van der Waals surface area (Å²) in [6, 6.07) is 5.54. The summed E-state index contributed by atoms with van der Waals surface area (Å²) in [5.74, 6) is 1.31. The Labute approximate surface area is 151 Å². The molecule has 0 saturated carbocycles. The Kier molecular flexibility index (Phi) is 6.94. The van der Waals surface area contributed by atoms with Crippen LogP contribution in [0.4, 0.5) is 5.13 Å². The number of hydrogen-bond donors (Lipinski definition) is 1. The van der Waals surface area contributed by atoms with E-state index >= 15 is 0 Å². The lowest BCUT2D eigenvalue weighted by atomic mass is 10.1. The maximum absolute atomic E-state index is 12.0. The van der Waals surface area contributed by atoms with Crippen molar-refractivity contribution in [1.82, 2.24) is 10.2 Å². The molecule has 0 aliphatic heterocycles. The zero-order valence-electron chi connectivity index (χ0n) is 14.9. The summed E-state index contributed by atoms with van der Waals surface area (Å²) in [6.45, 7) is 6.05. The molecule has 0 radical (unpaired) electrons. The number of aromatic nitrogens is 2. The van der Waals surface area contributed by atoms with Crippen molar-refractivity contribution < 1.29 is 14.3 Å². The molecule has 2 aromatic rings.